The molecule has 0 fully saturated rings. The van der Waals surface area contributed by atoms with Gasteiger partial charge in [-0.15, -0.1) is 0 Å². The van der Waals surface area contributed by atoms with Gasteiger partial charge in [0.25, 0.3) is 5.69 Å². The van der Waals surface area contributed by atoms with E-state index < -0.39 is 4.92 Å². The van der Waals surface area contributed by atoms with Crippen LogP contribution in [0.25, 0.3) is 0 Å². The number of nitro benzene ring substituents is 1. The summed E-state index contributed by atoms with van der Waals surface area (Å²) in [6.45, 7) is 1.37. The highest BCUT2D eigenvalue weighted by Gasteiger charge is 2.18. The molecule has 1 rings (SSSR count). The number of benzene rings is 1. The van der Waals surface area contributed by atoms with E-state index >= 15 is 0 Å². The highest BCUT2D eigenvalue weighted by molar-refractivity contribution is 14.1. The number of ketones is 1. The van der Waals surface area contributed by atoms with Crippen LogP contribution in [-0.4, -0.2) is 10.7 Å². The maximum absolute atomic E-state index is 11.1. The van der Waals surface area contributed by atoms with Crippen LogP contribution in [0.2, 0.25) is 0 Å². The maximum Gasteiger partial charge on any atom is 0.285 e. The summed E-state index contributed by atoms with van der Waals surface area (Å²) in [6, 6.07) is 3.02. The fraction of sp³-hybridized carbons (Fsp3) is 0.125. The van der Waals surface area contributed by atoms with Crippen molar-refractivity contribution in [1.82, 2.24) is 0 Å². The third kappa shape index (κ3) is 2.30. The van der Waals surface area contributed by atoms with E-state index in [9.17, 15) is 14.9 Å². The minimum atomic E-state index is -0.515. The van der Waals surface area contributed by atoms with Gasteiger partial charge in [0, 0.05) is 15.2 Å². The van der Waals surface area contributed by atoms with Crippen molar-refractivity contribution in [2.24, 2.45) is 0 Å². The van der Waals surface area contributed by atoms with Crippen LogP contribution >= 0.6 is 38.5 Å². The Bertz CT molecular complexity index is 384. The number of carbonyl (C=O) groups is 1. The third-order valence-corrected chi connectivity index (χ3v) is 3.05. The van der Waals surface area contributed by atoms with Gasteiger partial charge in [-0.1, -0.05) is 0 Å². The average molecular weight is 370 g/mol. The third-order valence-electron chi connectivity index (χ3n) is 1.59. The summed E-state index contributed by atoms with van der Waals surface area (Å²) < 4.78 is 0.915. The van der Waals surface area contributed by atoms with E-state index in [-0.39, 0.29) is 15.9 Å². The van der Waals surface area contributed by atoms with E-state index in [1.165, 1.54) is 13.0 Å². The normalized spacial score (nSPS) is 9.93. The summed E-state index contributed by atoms with van der Waals surface area (Å²) in [4.78, 5) is 21.2. The molecule has 6 heteroatoms. The van der Waals surface area contributed by atoms with Gasteiger partial charge in [-0.05, 0) is 51.5 Å². The lowest BCUT2D eigenvalue weighted by Crippen LogP contribution is -1.99. The second-order valence-corrected chi connectivity index (χ2v) is 4.64. The first-order valence-electron chi connectivity index (χ1n) is 3.58. The lowest BCUT2D eigenvalue weighted by Gasteiger charge is -2.02. The predicted molar refractivity (Wildman–Crippen MR) is 63.5 cm³/mol. The minimum absolute atomic E-state index is 0.0814. The molecular formula is C8H5BrINO3. The second-order valence-electron chi connectivity index (χ2n) is 2.60. The molecule has 0 radical (unpaired) electrons. The smallest absolute Gasteiger partial charge is 0.285 e. The van der Waals surface area contributed by atoms with Gasteiger partial charge in [0.2, 0.25) is 0 Å². The summed E-state index contributed by atoms with van der Waals surface area (Å²) in [5.41, 5.74) is 0.255. The van der Waals surface area contributed by atoms with Crippen molar-refractivity contribution >= 4 is 50.0 Å². The van der Waals surface area contributed by atoms with Gasteiger partial charge in [-0.3, -0.25) is 14.9 Å². The molecule has 74 valence electrons. The molecule has 0 aromatic heterocycles. The number of Topliss-reactive ketones (excluding diaryl/α,β-unsaturated/α-hetero) is 1. The van der Waals surface area contributed by atoms with E-state index in [1.54, 1.807) is 6.07 Å². The number of hydrogen-bond acceptors (Lipinski definition) is 3. The van der Waals surface area contributed by atoms with Crippen LogP contribution in [0, 0.1) is 13.7 Å². The summed E-state index contributed by atoms with van der Waals surface area (Å²) in [5, 5.41) is 10.6. The number of halogens is 2. The first-order chi connectivity index (χ1) is 6.43. The molecule has 0 bridgehead atoms. The summed E-state index contributed by atoms with van der Waals surface area (Å²) in [6.07, 6.45) is 0. The van der Waals surface area contributed by atoms with Crippen LogP contribution in [0.4, 0.5) is 5.69 Å². The lowest BCUT2D eigenvalue weighted by atomic mass is 10.1. The number of nitrogens with zero attached hydrogens (tertiary/aromatic N) is 1. The Morgan fingerprint density at radius 1 is 1.57 bits per heavy atom. The lowest BCUT2D eigenvalue weighted by molar-refractivity contribution is -0.385. The van der Waals surface area contributed by atoms with Gasteiger partial charge in [-0.25, -0.2) is 0 Å². The van der Waals surface area contributed by atoms with Crippen molar-refractivity contribution in [3.05, 3.63) is 35.9 Å². The Morgan fingerprint density at radius 2 is 2.14 bits per heavy atom. The van der Waals surface area contributed by atoms with Gasteiger partial charge >= 0.3 is 0 Å². The summed E-state index contributed by atoms with van der Waals surface area (Å²) in [7, 11) is 0. The van der Waals surface area contributed by atoms with Crippen LogP contribution in [0.5, 0.6) is 0 Å². The van der Waals surface area contributed by atoms with Gasteiger partial charge in [0.15, 0.2) is 5.78 Å². The van der Waals surface area contributed by atoms with Gasteiger partial charge in [0.05, 0.1) is 4.92 Å². The van der Waals surface area contributed by atoms with Gasteiger partial charge in [-0.2, -0.15) is 0 Å². The van der Waals surface area contributed by atoms with Crippen molar-refractivity contribution < 1.29 is 9.72 Å². The number of nitro groups is 1. The molecule has 0 aliphatic rings. The van der Waals surface area contributed by atoms with E-state index in [4.69, 9.17) is 0 Å². The second kappa shape index (κ2) is 4.35. The summed E-state index contributed by atoms with van der Waals surface area (Å²) in [5.74, 6) is -0.196. The fourth-order valence-corrected chi connectivity index (χ4v) is 2.22. The number of rotatable bonds is 2. The van der Waals surface area contributed by atoms with Crippen LogP contribution < -0.4 is 0 Å². The molecule has 0 saturated heterocycles. The Kier molecular flexibility index (Phi) is 3.59. The molecule has 0 amide bonds. The molecular weight excluding hydrogens is 365 g/mol. The fourth-order valence-electron chi connectivity index (χ4n) is 0.964. The Labute approximate surface area is 102 Å². The van der Waals surface area contributed by atoms with Crippen molar-refractivity contribution in [1.29, 1.82) is 0 Å². The summed E-state index contributed by atoms with van der Waals surface area (Å²) >= 11 is 4.99. The molecule has 1 aromatic rings. The Hall–Kier alpha value is -0.500. The zero-order valence-corrected chi connectivity index (χ0v) is 10.8. The molecule has 4 nitrogen and oxygen atoms in total. The van der Waals surface area contributed by atoms with Gasteiger partial charge in [0.1, 0.15) is 4.47 Å². The Balaban J connectivity index is 3.47. The number of hydrogen-bond donors (Lipinski definition) is 0. The molecule has 14 heavy (non-hydrogen) atoms. The average Bonchev–Trinajstić information content (AvgIpc) is 2.07. The molecule has 1 aromatic carbocycles. The van der Waals surface area contributed by atoms with Crippen molar-refractivity contribution in [2.75, 3.05) is 0 Å². The predicted octanol–water partition coefficient (Wildman–Crippen LogP) is 3.16. The highest BCUT2D eigenvalue weighted by Crippen LogP contribution is 2.30. The van der Waals surface area contributed by atoms with E-state index in [0.29, 0.717) is 9.13 Å². The topological polar surface area (TPSA) is 60.2 Å². The molecule has 0 heterocycles. The zero-order chi connectivity index (χ0) is 10.9. The Morgan fingerprint density at radius 3 is 2.57 bits per heavy atom. The molecule has 0 saturated carbocycles. The molecule has 0 atom stereocenters. The maximum atomic E-state index is 11.1. The monoisotopic (exact) mass is 369 g/mol. The first-order valence-corrected chi connectivity index (χ1v) is 5.45. The van der Waals surface area contributed by atoms with Crippen molar-refractivity contribution in [2.45, 2.75) is 6.92 Å². The van der Waals surface area contributed by atoms with Crippen LogP contribution in [0.3, 0.4) is 0 Å². The zero-order valence-electron chi connectivity index (χ0n) is 7.08. The van der Waals surface area contributed by atoms with Gasteiger partial charge < -0.3 is 0 Å². The van der Waals surface area contributed by atoms with E-state index in [1.807, 2.05) is 22.6 Å². The minimum Gasteiger partial charge on any atom is -0.294 e. The van der Waals surface area contributed by atoms with Crippen LogP contribution in [-0.2, 0) is 0 Å². The SMILES string of the molecule is CC(=O)c1cc(I)cc([N+](=O)[O-])c1Br. The number of carbonyl (C=O) groups excluding carboxylic acids is 1. The molecule has 0 aliphatic heterocycles. The van der Waals surface area contributed by atoms with Crippen LogP contribution in [0.15, 0.2) is 16.6 Å². The molecule has 0 spiro atoms. The highest BCUT2D eigenvalue weighted by atomic mass is 127. The van der Waals surface area contributed by atoms with E-state index in [2.05, 4.69) is 15.9 Å². The van der Waals surface area contributed by atoms with Crippen molar-refractivity contribution in [3.8, 4) is 0 Å². The molecule has 0 N–H and O–H groups in total. The standard InChI is InChI=1S/C8H5BrINO3/c1-4(12)6-2-5(10)3-7(8(6)9)11(13)14/h2-3H,1H3. The molecule has 0 unspecified atom stereocenters. The van der Waals surface area contributed by atoms with E-state index in [0.717, 1.165) is 0 Å². The first kappa shape index (κ1) is 11.6. The van der Waals surface area contributed by atoms with Crippen LogP contribution in [0.1, 0.15) is 17.3 Å². The molecule has 0 aliphatic carbocycles. The largest absolute Gasteiger partial charge is 0.294 e. The quantitative estimate of drug-likeness (QED) is 0.348. The van der Waals surface area contributed by atoms with Crippen molar-refractivity contribution in [3.63, 3.8) is 0 Å².